The van der Waals surface area contributed by atoms with E-state index in [1.54, 1.807) is 6.21 Å². The fraction of sp³-hybridized carbons (Fsp3) is 0.0500. The molecule has 0 radical (unpaired) electrons. The summed E-state index contributed by atoms with van der Waals surface area (Å²) in [6.07, 6.45) is -2.71. The Hall–Kier alpha value is -3.08. The van der Waals surface area contributed by atoms with Crippen molar-refractivity contribution in [2.75, 3.05) is 5.43 Å². The Balaban J connectivity index is 1.63. The highest BCUT2D eigenvalue weighted by molar-refractivity contribution is 5.81. The van der Waals surface area contributed by atoms with Crippen LogP contribution in [0.2, 0.25) is 0 Å². The van der Waals surface area contributed by atoms with Gasteiger partial charge in [-0.25, -0.2) is 0 Å². The van der Waals surface area contributed by atoms with Crippen LogP contribution in [0.4, 0.5) is 18.9 Å². The quantitative estimate of drug-likeness (QED) is 0.470. The third kappa shape index (κ3) is 4.47. The van der Waals surface area contributed by atoms with Crippen LogP contribution in [0.1, 0.15) is 11.1 Å². The maximum Gasteiger partial charge on any atom is 0.416 e. The van der Waals surface area contributed by atoms with Crippen LogP contribution in [0, 0.1) is 0 Å². The first-order chi connectivity index (χ1) is 12.0. The first-order valence-electron chi connectivity index (χ1n) is 7.64. The zero-order chi connectivity index (χ0) is 17.7. The zero-order valence-electron chi connectivity index (χ0n) is 13.2. The molecule has 5 heteroatoms. The number of nitrogens with one attached hydrogen (secondary N) is 1. The molecule has 0 fully saturated rings. The van der Waals surface area contributed by atoms with Gasteiger partial charge in [0, 0.05) is 0 Å². The molecule has 0 aliphatic heterocycles. The third-order valence-electron chi connectivity index (χ3n) is 3.64. The van der Waals surface area contributed by atoms with Crippen LogP contribution in [0.25, 0.3) is 11.1 Å². The highest BCUT2D eigenvalue weighted by Gasteiger charge is 2.29. The van der Waals surface area contributed by atoms with Crippen LogP contribution >= 0.6 is 0 Å². The van der Waals surface area contributed by atoms with Crippen molar-refractivity contribution in [2.24, 2.45) is 5.10 Å². The lowest BCUT2D eigenvalue weighted by atomic mass is 10.0. The van der Waals surface area contributed by atoms with E-state index in [4.69, 9.17) is 0 Å². The number of benzene rings is 3. The second-order valence-corrected chi connectivity index (χ2v) is 5.43. The molecule has 2 nitrogen and oxygen atoms in total. The summed E-state index contributed by atoms with van der Waals surface area (Å²) in [6, 6.07) is 22.6. The number of hydrogen-bond acceptors (Lipinski definition) is 2. The zero-order valence-corrected chi connectivity index (χ0v) is 13.2. The summed E-state index contributed by atoms with van der Waals surface area (Å²) in [5, 5.41) is 4.05. The van der Waals surface area contributed by atoms with Gasteiger partial charge in [-0.15, -0.1) is 0 Å². The van der Waals surface area contributed by atoms with Crippen molar-refractivity contribution in [2.45, 2.75) is 6.18 Å². The fourth-order valence-electron chi connectivity index (χ4n) is 2.31. The molecule has 0 atom stereocenters. The molecule has 0 saturated heterocycles. The Morgan fingerprint density at radius 3 is 1.92 bits per heavy atom. The minimum atomic E-state index is -4.33. The molecule has 0 saturated carbocycles. The summed E-state index contributed by atoms with van der Waals surface area (Å²) >= 11 is 0. The molecule has 0 aromatic heterocycles. The van der Waals surface area contributed by atoms with Gasteiger partial charge < -0.3 is 0 Å². The number of nitrogens with zero attached hydrogens (tertiary/aromatic N) is 1. The van der Waals surface area contributed by atoms with Gasteiger partial charge in [0.05, 0.1) is 17.5 Å². The SMILES string of the molecule is FC(F)(F)c1ccc(NN=Cc2ccc(-c3ccccc3)cc2)cc1. The normalized spacial score (nSPS) is 11.6. The number of hydrazone groups is 1. The molecular formula is C20H15F3N2. The summed E-state index contributed by atoms with van der Waals surface area (Å²) in [5.74, 6) is 0. The smallest absolute Gasteiger partial charge is 0.279 e. The molecular weight excluding hydrogens is 325 g/mol. The largest absolute Gasteiger partial charge is 0.416 e. The Kier molecular flexibility index (Phi) is 4.84. The highest BCUT2D eigenvalue weighted by Crippen LogP contribution is 2.29. The fourth-order valence-corrected chi connectivity index (χ4v) is 2.31. The lowest BCUT2D eigenvalue weighted by Gasteiger charge is -2.07. The van der Waals surface area contributed by atoms with Crippen LogP contribution < -0.4 is 5.43 Å². The maximum absolute atomic E-state index is 12.5. The predicted molar refractivity (Wildman–Crippen MR) is 94.5 cm³/mol. The number of rotatable bonds is 4. The van der Waals surface area contributed by atoms with Gasteiger partial charge in [-0.3, -0.25) is 5.43 Å². The van der Waals surface area contributed by atoms with Crippen LogP contribution in [0.5, 0.6) is 0 Å². The summed E-state index contributed by atoms with van der Waals surface area (Å²) in [6.45, 7) is 0. The van der Waals surface area contributed by atoms with E-state index in [2.05, 4.69) is 10.5 Å². The number of halogens is 3. The van der Waals surface area contributed by atoms with Crippen LogP contribution in [-0.2, 0) is 6.18 Å². The Morgan fingerprint density at radius 1 is 0.720 bits per heavy atom. The molecule has 0 aliphatic carbocycles. The molecule has 3 aromatic carbocycles. The van der Waals surface area contributed by atoms with Crippen molar-refractivity contribution in [3.63, 3.8) is 0 Å². The van der Waals surface area contributed by atoms with E-state index in [-0.39, 0.29) is 0 Å². The van der Waals surface area contributed by atoms with E-state index >= 15 is 0 Å². The first kappa shape index (κ1) is 16.8. The molecule has 25 heavy (non-hydrogen) atoms. The van der Waals surface area contributed by atoms with Crippen LogP contribution in [-0.4, -0.2) is 6.21 Å². The second kappa shape index (κ2) is 7.21. The Bertz CT molecular complexity index is 837. The van der Waals surface area contributed by atoms with Crippen molar-refractivity contribution >= 4 is 11.9 Å². The van der Waals surface area contributed by atoms with Gasteiger partial charge in [-0.05, 0) is 41.0 Å². The molecule has 0 bridgehead atoms. The van der Waals surface area contributed by atoms with Crippen LogP contribution in [0.3, 0.4) is 0 Å². The van der Waals surface area contributed by atoms with Gasteiger partial charge in [0.2, 0.25) is 0 Å². The number of hydrogen-bond donors (Lipinski definition) is 1. The van der Waals surface area contributed by atoms with Crippen molar-refractivity contribution in [3.05, 3.63) is 90.0 Å². The molecule has 126 valence electrons. The third-order valence-corrected chi connectivity index (χ3v) is 3.64. The Labute approximate surface area is 143 Å². The molecule has 3 rings (SSSR count). The first-order valence-corrected chi connectivity index (χ1v) is 7.64. The average Bonchev–Trinajstić information content (AvgIpc) is 2.63. The lowest BCUT2D eigenvalue weighted by molar-refractivity contribution is -0.137. The maximum atomic E-state index is 12.5. The van der Waals surface area contributed by atoms with E-state index in [1.165, 1.54) is 12.1 Å². The molecule has 0 spiro atoms. The topological polar surface area (TPSA) is 24.4 Å². The number of anilines is 1. The number of alkyl halides is 3. The lowest BCUT2D eigenvalue weighted by Crippen LogP contribution is -2.04. The monoisotopic (exact) mass is 340 g/mol. The molecule has 3 aromatic rings. The highest BCUT2D eigenvalue weighted by atomic mass is 19.4. The summed E-state index contributed by atoms with van der Waals surface area (Å²) in [4.78, 5) is 0. The molecule has 0 unspecified atom stereocenters. The average molecular weight is 340 g/mol. The predicted octanol–water partition coefficient (Wildman–Crippen LogP) is 5.82. The molecule has 0 aliphatic rings. The van der Waals surface area contributed by atoms with Gasteiger partial charge in [-0.2, -0.15) is 18.3 Å². The van der Waals surface area contributed by atoms with E-state index in [0.717, 1.165) is 28.8 Å². The molecule has 1 N–H and O–H groups in total. The summed E-state index contributed by atoms with van der Waals surface area (Å²) in [7, 11) is 0. The van der Waals surface area contributed by atoms with Crippen molar-refractivity contribution in [1.82, 2.24) is 0 Å². The van der Waals surface area contributed by atoms with Gasteiger partial charge in [-0.1, -0.05) is 54.6 Å². The van der Waals surface area contributed by atoms with E-state index in [9.17, 15) is 13.2 Å². The van der Waals surface area contributed by atoms with Crippen LogP contribution in [0.15, 0.2) is 84.0 Å². The standard InChI is InChI=1S/C20H15F3N2/c21-20(22,23)18-10-12-19(13-11-18)25-24-14-15-6-8-17(9-7-15)16-4-2-1-3-5-16/h1-14,25H. The molecule has 0 amide bonds. The van der Waals surface area contributed by atoms with Gasteiger partial charge in [0.15, 0.2) is 0 Å². The van der Waals surface area contributed by atoms with Gasteiger partial charge in [0.1, 0.15) is 0 Å². The second-order valence-electron chi connectivity index (χ2n) is 5.43. The van der Waals surface area contributed by atoms with Gasteiger partial charge >= 0.3 is 6.18 Å². The summed E-state index contributed by atoms with van der Waals surface area (Å²) in [5.41, 5.74) is 5.66. The van der Waals surface area contributed by atoms with E-state index in [0.29, 0.717) is 5.69 Å². The Morgan fingerprint density at radius 2 is 1.32 bits per heavy atom. The van der Waals surface area contributed by atoms with E-state index < -0.39 is 11.7 Å². The minimum Gasteiger partial charge on any atom is -0.279 e. The van der Waals surface area contributed by atoms with Crippen molar-refractivity contribution in [3.8, 4) is 11.1 Å². The van der Waals surface area contributed by atoms with Gasteiger partial charge in [0.25, 0.3) is 0 Å². The van der Waals surface area contributed by atoms with Crippen molar-refractivity contribution in [1.29, 1.82) is 0 Å². The van der Waals surface area contributed by atoms with Crippen molar-refractivity contribution < 1.29 is 13.2 Å². The van der Waals surface area contributed by atoms with E-state index in [1.807, 2.05) is 54.6 Å². The molecule has 0 heterocycles. The minimum absolute atomic E-state index is 0.491. The summed E-state index contributed by atoms with van der Waals surface area (Å²) < 4.78 is 37.5.